The van der Waals surface area contributed by atoms with Crippen LogP contribution in [0.4, 0.5) is 0 Å². The van der Waals surface area contributed by atoms with Gasteiger partial charge in [0, 0.05) is 6.54 Å². The third-order valence-electron chi connectivity index (χ3n) is 2.53. The first kappa shape index (κ1) is 13.8. The van der Waals surface area contributed by atoms with Gasteiger partial charge in [-0.15, -0.1) is 0 Å². The number of unbranched alkanes of at least 4 members (excludes halogenated alkanes) is 1. The van der Waals surface area contributed by atoms with E-state index in [9.17, 15) is 0 Å². The van der Waals surface area contributed by atoms with Crippen LogP contribution in [-0.2, 0) is 0 Å². The predicted molar refractivity (Wildman–Crippen MR) is 67.6 cm³/mol. The van der Waals surface area contributed by atoms with Crippen LogP contribution in [0.15, 0.2) is 0 Å². The lowest BCUT2D eigenvalue weighted by molar-refractivity contribution is 0.277. The molecule has 0 spiro atoms. The number of nitrogens with two attached hydrogens (primary N) is 1. The molecule has 3 heteroatoms. The summed E-state index contributed by atoms with van der Waals surface area (Å²) in [5.41, 5.74) is 5.43. The van der Waals surface area contributed by atoms with Crippen molar-refractivity contribution in [2.45, 2.75) is 39.5 Å². The molecule has 1 atom stereocenters. The first-order valence-corrected chi connectivity index (χ1v) is 5.94. The average Bonchev–Trinajstić information content (AvgIpc) is 2.12. The largest absolute Gasteiger partial charge is 0.393 e. The Balaban J connectivity index is 3.35. The predicted octanol–water partition coefficient (Wildman–Crippen LogP) is 2.42. The zero-order valence-corrected chi connectivity index (χ0v) is 10.6. The van der Waals surface area contributed by atoms with E-state index in [4.69, 9.17) is 18.0 Å². The molecule has 0 radical (unpaired) electrons. The highest BCUT2D eigenvalue weighted by atomic mass is 32.1. The molecule has 0 aromatic carbocycles. The lowest BCUT2D eigenvalue weighted by Gasteiger charge is -2.20. The minimum Gasteiger partial charge on any atom is -0.393 e. The molecular weight excluding hydrogens is 192 g/mol. The SMILES string of the molecule is CCC(C)CN(C)CCCCC(N)=S. The van der Waals surface area contributed by atoms with E-state index in [1.165, 1.54) is 19.4 Å². The van der Waals surface area contributed by atoms with Gasteiger partial charge in [-0.05, 0) is 38.8 Å². The first-order chi connectivity index (χ1) is 6.56. The molecule has 0 bridgehead atoms. The molecule has 0 aromatic rings. The molecule has 0 fully saturated rings. The third kappa shape index (κ3) is 8.45. The summed E-state index contributed by atoms with van der Waals surface area (Å²) in [4.78, 5) is 3.04. The summed E-state index contributed by atoms with van der Waals surface area (Å²) in [6, 6.07) is 0. The van der Waals surface area contributed by atoms with E-state index in [-0.39, 0.29) is 0 Å². The number of thiocarbonyl (C=S) groups is 1. The van der Waals surface area contributed by atoms with Crippen LogP contribution in [0, 0.1) is 5.92 Å². The van der Waals surface area contributed by atoms with E-state index in [2.05, 4.69) is 25.8 Å². The molecule has 0 heterocycles. The van der Waals surface area contributed by atoms with E-state index in [0.29, 0.717) is 4.99 Å². The fourth-order valence-electron chi connectivity index (χ4n) is 1.43. The molecule has 84 valence electrons. The summed E-state index contributed by atoms with van der Waals surface area (Å²) in [6.07, 6.45) is 4.48. The minimum atomic E-state index is 0.648. The smallest absolute Gasteiger partial charge is 0.0727 e. The molecule has 0 aromatic heterocycles. The quantitative estimate of drug-likeness (QED) is 0.499. The minimum absolute atomic E-state index is 0.648. The Kier molecular flexibility index (Phi) is 8.09. The Bertz CT molecular complexity index is 159. The van der Waals surface area contributed by atoms with Crippen LogP contribution in [0.5, 0.6) is 0 Å². The van der Waals surface area contributed by atoms with E-state index in [1.807, 2.05) is 0 Å². The Morgan fingerprint density at radius 1 is 1.43 bits per heavy atom. The maximum absolute atomic E-state index is 5.43. The summed E-state index contributed by atoms with van der Waals surface area (Å²) in [5, 5.41) is 0. The zero-order valence-electron chi connectivity index (χ0n) is 9.75. The van der Waals surface area contributed by atoms with Crippen LogP contribution < -0.4 is 5.73 Å². The zero-order chi connectivity index (χ0) is 11.0. The van der Waals surface area contributed by atoms with Crippen molar-refractivity contribution in [3.05, 3.63) is 0 Å². The summed E-state index contributed by atoms with van der Waals surface area (Å²) < 4.78 is 0. The lowest BCUT2D eigenvalue weighted by atomic mass is 10.1. The van der Waals surface area contributed by atoms with Crippen LogP contribution in [0.3, 0.4) is 0 Å². The fourth-order valence-corrected chi connectivity index (χ4v) is 1.58. The summed E-state index contributed by atoms with van der Waals surface area (Å²) >= 11 is 4.83. The van der Waals surface area contributed by atoms with Crippen LogP contribution >= 0.6 is 12.2 Å². The second kappa shape index (κ2) is 8.18. The normalized spacial score (nSPS) is 13.1. The highest BCUT2D eigenvalue weighted by Gasteiger charge is 2.03. The molecular formula is C11H24N2S. The molecule has 0 aliphatic carbocycles. The van der Waals surface area contributed by atoms with E-state index in [0.717, 1.165) is 25.3 Å². The van der Waals surface area contributed by atoms with Crippen LogP contribution in [0.2, 0.25) is 0 Å². The van der Waals surface area contributed by atoms with Gasteiger partial charge >= 0.3 is 0 Å². The summed E-state index contributed by atoms with van der Waals surface area (Å²) in [5.74, 6) is 0.801. The van der Waals surface area contributed by atoms with Crippen molar-refractivity contribution >= 4 is 17.2 Å². The van der Waals surface area contributed by atoms with Crippen molar-refractivity contribution in [1.29, 1.82) is 0 Å². The third-order valence-corrected chi connectivity index (χ3v) is 2.74. The van der Waals surface area contributed by atoms with Gasteiger partial charge in [0.15, 0.2) is 0 Å². The Labute approximate surface area is 93.8 Å². The maximum atomic E-state index is 5.43. The van der Waals surface area contributed by atoms with Crippen molar-refractivity contribution < 1.29 is 0 Å². The Hall–Kier alpha value is -0.150. The molecule has 0 rings (SSSR count). The Morgan fingerprint density at radius 2 is 2.07 bits per heavy atom. The van der Waals surface area contributed by atoms with Crippen LogP contribution in [0.25, 0.3) is 0 Å². The number of rotatable bonds is 8. The highest BCUT2D eigenvalue weighted by Crippen LogP contribution is 2.04. The average molecular weight is 216 g/mol. The number of hydrogen-bond acceptors (Lipinski definition) is 2. The van der Waals surface area contributed by atoms with Crippen molar-refractivity contribution in [2.75, 3.05) is 20.1 Å². The molecule has 2 N–H and O–H groups in total. The monoisotopic (exact) mass is 216 g/mol. The standard InChI is InChI=1S/C11H24N2S/c1-4-10(2)9-13(3)8-6-5-7-11(12)14/h10H,4-9H2,1-3H3,(H2,12,14). The molecule has 0 amide bonds. The van der Waals surface area contributed by atoms with Crippen molar-refractivity contribution in [2.24, 2.45) is 11.7 Å². The van der Waals surface area contributed by atoms with Crippen molar-refractivity contribution in [3.63, 3.8) is 0 Å². The van der Waals surface area contributed by atoms with Gasteiger partial charge in [-0.25, -0.2) is 0 Å². The molecule has 14 heavy (non-hydrogen) atoms. The van der Waals surface area contributed by atoms with Crippen LogP contribution in [0.1, 0.15) is 39.5 Å². The number of nitrogens with zero attached hydrogens (tertiary/aromatic N) is 1. The molecule has 0 saturated carbocycles. The molecule has 0 aliphatic rings. The topological polar surface area (TPSA) is 29.3 Å². The fraction of sp³-hybridized carbons (Fsp3) is 0.909. The number of hydrogen-bond donors (Lipinski definition) is 1. The van der Waals surface area contributed by atoms with E-state index < -0.39 is 0 Å². The second-order valence-electron chi connectivity index (χ2n) is 4.20. The van der Waals surface area contributed by atoms with Gasteiger partial charge < -0.3 is 10.6 Å². The molecule has 1 unspecified atom stereocenters. The van der Waals surface area contributed by atoms with Crippen molar-refractivity contribution in [1.82, 2.24) is 4.90 Å². The van der Waals surface area contributed by atoms with Gasteiger partial charge in [-0.1, -0.05) is 32.5 Å². The van der Waals surface area contributed by atoms with Gasteiger partial charge in [-0.2, -0.15) is 0 Å². The highest BCUT2D eigenvalue weighted by molar-refractivity contribution is 7.80. The van der Waals surface area contributed by atoms with E-state index >= 15 is 0 Å². The first-order valence-electron chi connectivity index (χ1n) is 5.53. The van der Waals surface area contributed by atoms with Crippen LogP contribution in [-0.4, -0.2) is 30.0 Å². The molecule has 0 saturated heterocycles. The Morgan fingerprint density at radius 3 is 2.57 bits per heavy atom. The van der Waals surface area contributed by atoms with Gasteiger partial charge in [0.1, 0.15) is 0 Å². The maximum Gasteiger partial charge on any atom is 0.0727 e. The van der Waals surface area contributed by atoms with Gasteiger partial charge in [0.25, 0.3) is 0 Å². The summed E-state index contributed by atoms with van der Waals surface area (Å²) in [7, 11) is 2.19. The van der Waals surface area contributed by atoms with Gasteiger partial charge in [-0.3, -0.25) is 0 Å². The summed E-state index contributed by atoms with van der Waals surface area (Å²) in [6.45, 7) is 6.90. The molecule has 0 aliphatic heterocycles. The van der Waals surface area contributed by atoms with Gasteiger partial charge in [0.2, 0.25) is 0 Å². The van der Waals surface area contributed by atoms with E-state index in [1.54, 1.807) is 0 Å². The van der Waals surface area contributed by atoms with Crippen molar-refractivity contribution in [3.8, 4) is 0 Å². The molecule has 2 nitrogen and oxygen atoms in total. The lowest BCUT2D eigenvalue weighted by Crippen LogP contribution is -2.25. The van der Waals surface area contributed by atoms with Gasteiger partial charge in [0.05, 0.1) is 4.99 Å². The second-order valence-corrected chi connectivity index (χ2v) is 4.72.